The van der Waals surface area contributed by atoms with Gasteiger partial charge in [-0.25, -0.2) is 8.42 Å². The third kappa shape index (κ3) is 5.32. The van der Waals surface area contributed by atoms with Crippen molar-refractivity contribution in [3.63, 3.8) is 0 Å². The van der Waals surface area contributed by atoms with Gasteiger partial charge in [-0.15, -0.1) is 10.2 Å². The first kappa shape index (κ1) is 24.0. The molecule has 7 nitrogen and oxygen atoms in total. The van der Waals surface area contributed by atoms with Crippen molar-refractivity contribution in [2.24, 2.45) is 5.92 Å². The highest BCUT2D eigenvalue weighted by molar-refractivity contribution is 7.89. The molecule has 0 spiro atoms. The van der Waals surface area contributed by atoms with Gasteiger partial charge in [0.05, 0.1) is 4.90 Å². The van der Waals surface area contributed by atoms with E-state index in [0.717, 1.165) is 21.9 Å². The first-order valence-electron chi connectivity index (χ1n) is 11.0. The van der Waals surface area contributed by atoms with Gasteiger partial charge in [0.25, 0.3) is 0 Å². The van der Waals surface area contributed by atoms with Crippen LogP contribution in [-0.4, -0.2) is 30.6 Å². The van der Waals surface area contributed by atoms with Crippen LogP contribution in [0.15, 0.2) is 71.6 Å². The molecule has 0 bridgehead atoms. The summed E-state index contributed by atoms with van der Waals surface area (Å²) in [6.07, 6.45) is 0.614. The summed E-state index contributed by atoms with van der Waals surface area (Å²) >= 11 is 1.24. The molecule has 1 aromatic heterocycles. The zero-order valence-electron chi connectivity index (χ0n) is 19.1. The number of fused-ring (bicyclic) bond motifs is 1. The van der Waals surface area contributed by atoms with Crippen LogP contribution >= 0.6 is 11.3 Å². The lowest BCUT2D eigenvalue weighted by molar-refractivity contribution is -0.118. The van der Waals surface area contributed by atoms with Crippen LogP contribution in [0.4, 0.5) is 5.13 Å². The number of amides is 1. The van der Waals surface area contributed by atoms with E-state index in [-0.39, 0.29) is 10.8 Å². The SMILES string of the molecule is CC[C@@H](C)[C@H](NS(=O)(=O)c1ccc2ccccc2c1)C(=O)Nc1nnc(-c2ccc(C)cc2)s1. The number of nitrogens with one attached hydrogen (secondary N) is 2. The van der Waals surface area contributed by atoms with Crippen molar-refractivity contribution in [1.82, 2.24) is 14.9 Å². The summed E-state index contributed by atoms with van der Waals surface area (Å²) in [7, 11) is -3.93. The molecule has 0 unspecified atom stereocenters. The van der Waals surface area contributed by atoms with Crippen LogP contribution in [-0.2, 0) is 14.8 Å². The lowest BCUT2D eigenvalue weighted by Crippen LogP contribution is -2.47. The number of nitrogens with zero attached hydrogens (tertiary/aromatic N) is 2. The van der Waals surface area contributed by atoms with Crippen LogP contribution in [0.2, 0.25) is 0 Å². The zero-order valence-corrected chi connectivity index (χ0v) is 20.8. The highest BCUT2D eigenvalue weighted by atomic mass is 32.2. The maximum Gasteiger partial charge on any atom is 0.244 e. The van der Waals surface area contributed by atoms with E-state index in [9.17, 15) is 13.2 Å². The Morgan fingerprint density at radius 1 is 1.00 bits per heavy atom. The highest BCUT2D eigenvalue weighted by Crippen LogP contribution is 2.27. The maximum atomic E-state index is 13.2. The molecule has 4 aromatic rings. The Balaban J connectivity index is 1.54. The smallest absolute Gasteiger partial charge is 0.244 e. The number of benzene rings is 3. The number of carbonyl (C=O) groups is 1. The second-order valence-electron chi connectivity index (χ2n) is 8.26. The van der Waals surface area contributed by atoms with E-state index in [1.807, 2.05) is 69.3 Å². The number of anilines is 1. The van der Waals surface area contributed by atoms with Crippen molar-refractivity contribution >= 4 is 43.2 Å². The van der Waals surface area contributed by atoms with E-state index in [1.54, 1.807) is 18.2 Å². The molecule has 0 saturated heterocycles. The Hall–Kier alpha value is -3.14. The summed E-state index contributed by atoms with van der Waals surface area (Å²) in [6, 6.07) is 19.3. The zero-order chi connectivity index (χ0) is 24.3. The van der Waals surface area contributed by atoms with Crippen molar-refractivity contribution in [3.05, 3.63) is 72.3 Å². The molecule has 0 fully saturated rings. The van der Waals surface area contributed by atoms with Crippen LogP contribution in [0, 0.1) is 12.8 Å². The van der Waals surface area contributed by atoms with E-state index < -0.39 is 22.0 Å². The van der Waals surface area contributed by atoms with Gasteiger partial charge < -0.3 is 0 Å². The Kier molecular flexibility index (Phi) is 7.06. The number of rotatable bonds is 8. The highest BCUT2D eigenvalue weighted by Gasteiger charge is 2.30. The van der Waals surface area contributed by atoms with Gasteiger partial charge >= 0.3 is 0 Å². The average Bonchev–Trinajstić information content (AvgIpc) is 3.30. The normalized spacial score (nSPS) is 13.5. The summed E-state index contributed by atoms with van der Waals surface area (Å²) in [5.74, 6) is -0.704. The summed E-state index contributed by atoms with van der Waals surface area (Å²) in [6.45, 7) is 5.75. The van der Waals surface area contributed by atoms with E-state index >= 15 is 0 Å². The minimum Gasteiger partial charge on any atom is -0.299 e. The molecule has 9 heteroatoms. The standard InChI is InChI=1S/C25H26N4O3S2/c1-4-17(3)22(29-34(31,32)21-14-13-18-7-5-6-8-20(18)15-21)23(30)26-25-28-27-24(33-25)19-11-9-16(2)10-12-19/h5-15,17,22,29H,4H2,1-3H3,(H,26,28,30)/t17-,22+/m1/s1. The Labute approximate surface area is 203 Å². The lowest BCUT2D eigenvalue weighted by Gasteiger charge is -2.23. The molecule has 0 aliphatic rings. The molecule has 3 aromatic carbocycles. The van der Waals surface area contributed by atoms with Gasteiger partial charge in [-0.2, -0.15) is 4.72 Å². The number of aromatic nitrogens is 2. The van der Waals surface area contributed by atoms with Crippen LogP contribution in [0.3, 0.4) is 0 Å². The van der Waals surface area contributed by atoms with Crippen molar-refractivity contribution in [2.75, 3.05) is 5.32 Å². The van der Waals surface area contributed by atoms with Crippen LogP contribution in [0.25, 0.3) is 21.3 Å². The van der Waals surface area contributed by atoms with Crippen molar-refractivity contribution in [2.45, 2.75) is 38.1 Å². The predicted octanol–water partition coefficient (Wildman–Crippen LogP) is 5.00. The fraction of sp³-hybridized carbons (Fsp3) is 0.240. The Bertz CT molecular complexity index is 1420. The van der Waals surface area contributed by atoms with E-state index in [2.05, 4.69) is 20.2 Å². The summed E-state index contributed by atoms with van der Waals surface area (Å²) < 4.78 is 28.9. The summed E-state index contributed by atoms with van der Waals surface area (Å²) in [5.41, 5.74) is 2.04. The molecule has 2 atom stereocenters. The third-order valence-electron chi connectivity index (χ3n) is 5.76. The molecule has 1 heterocycles. The number of aryl methyl sites for hydroxylation is 1. The monoisotopic (exact) mass is 494 g/mol. The molecular weight excluding hydrogens is 468 g/mol. The van der Waals surface area contributed by atoms with Gasteiger partial charge in [-0.05, 0) is 35.7 Å². The molecular formula is C25H26N4O3S2. The number of sulfonamides is 1. The fourth-order valence-electron chi connectivity index (χ4n) is 3.50. The van der Waals surface area contributed by atoms with Gasteiger partial charge in [-0.1, -0.05) is 91.8 Å². The maximum absolute atomic E-state index is 13.2. The van der Waals surface area contributed by atoms with E-state index in [1.165, 1.54) is 11.3 Å². The van der Waals surface area contributed by atoms with Crippen molar-refractivity contribution in [1.29, 1.82) is 0 Å². The van der Waals surface area contributed by atoms with Gasteiger partial charge in [0.1, 0.15) is 11.0 Å². The molecule has 0 aliphatic carbocycles. The molecule has 0 saturated carbocycles. The first-order chi connectivity index (χ1) is 16.3. The molecule has 34 heavy (non-hydrogen) atoms. The second-order valence-corrected chi connectivity index (χ2v) is 11.0. The van der Waals surface area contributed by atoms with E-state index in [0.29, 0.717) is 16.6 Å². The Morgan fingerprint density at radius 2 is 1.71 bits per heavy atom. The Morgan fingerprint density at radius 3 is 2.41 bits per heavy atom. The van der Waals surface area contributed by atoms with Crippen molar-refractivity contribution < 1.29 is 13.2 Å². The van der Waals surface area contributed by atoms with Crippen LogP contribution in [0.5, 0.6) is 0 Å². The summed E-state index contributed by atoms with van der Waals surface area (Å²) in [5, 5.41) is 13.7. The molecule has 176 valence electrons. The van der Waals surface area contributed by atoms with Crippen LogP contribution < -0.4 is 10.0 Å². The lowest BCUT2D eigenvalue weighted by atomic mass is 9.99. The van der Waals surface area contributed by atoms with Gasteiger partial charge in [0, 0.05) is 5.56 Å². The summed E-state index contributed by atoms with van der Waals surface area (Å²) in [4.78, 5) is 13.2. The topological polar surface area (TPSA) is 101 Å². The third-order valence-corrected chi connectivity index (χ3v) is 8.09. The molecule has 1 amide bonds. The fourth-order valence-corrected chi connectivity index (χ4v) is 5.59. The quantitative estimate of drug-likeness (QED) is 0.359. The molecule has 0 aliphatic heterocycles. The minimum absolute atomic E-state index is 0.116. The van der Waals surface area contributed by atoms with Gasteiger partial charge in [0.15, 0.2) is 0 Å². The number of carbonyl (C=O) groups excluding carboxylic acids is 1. The van der Waals surface area contributed by atoms with Gasteiger partial charge in [0.2, 0.25) is 21.1 Å². The number of hydrogen-bond acceptors (Lipinski definition) is 6. The first-order valence-corrected chi connectivity index (χ1v) is 13.3. The average molecular weight is 495 g/mol. The molecule has 4 rings (SSSR count). The minimum atomic E-state index is -3.93. The molecule has 0 radical (unpaired) electrons. The van der Waals surface area contributed by atoms with E-state index in [4.69, 9.17) is 0 Å². The molecule has 2 N–H and O–H groups in total. The van der Waals surface area contributed by atoms with Gasteiger partial charge in [-0.3, -0.25) is 10.1 Å². The van der Waals surface area contributed by atoms with Crippen LogP contribution in [0.1, 0.15) is 25.8 Å². The predicted molar refractivity (Wildman–Crippen MR) is 136 cm³/mol. The van der Waals surface area contributed by atoms with Crippen molar-refractivity contribution in [3.8, 4) is 10.6 Å². The number of hydrogen-bond donors (Lipinski definition) is 2. The second kappa shape index (κ2) is 10.0. The largest absolute Gasteiger partial charge is 0.299 e.